The summed E-state index contributed by atoms with van der Waals surface area (Å²) in [5.41, 5.74) is 2.44. The highest BCUT2D eigenvalue weighted by Gasteiger charge is 2.21. The summed E-state index contributed by atoms with van der Waals surface area (Å²) in [6, 6.07) is 10.6. The molecule has 6 nitrogen and oxygen atoms in total. The van der Waals surface area contributed by atoms with E-state index in [0.29, 0.717) is 37.4 Å². The van der Waals surface area contributed by atoms with Gasteiger partial charge in [-0.05, 0) is 43.0 Å². The van der Waals surface area contributed by atoms with Crippen LogP contribution in [0.3, 0.4) is 0 Å². The number of aromatic hydroxyl groups is 1. The summed E-state index contributed by atoms with van der Waals surface area (Å²) in [6.45, 7) is 6.11. The third-order valence-corrected chi connectivity index (χ3v) is 5.91. The van der Waals surface area contributed by atoms with Crippen molar-refractivity contribution in [1.29, 1.82) is 0 Å². The minimum Gasteiger partial charge on any atom is -0.493 e. The molecule has 1 aromatic carbocycles. The summed E-state index contributed by atoms with van der Waals surface area (Å²) in [4.78, 5) is 19.0. The molecule has 0 radical (unpaired) electrons. The van der Waals surface area contributed by atoms with E-state index in [9.17, 15) is 18.7 Å². The van der Waals surface area contributed by atoms with Crippen LogP contribution in [0.5, 0.6) is 5.88 Å². The summed E-state index contributed by atoms with van der Waals surface area (Å²) in [5.74, 6) is -0.187. The molecule has 8 heteroatoms. The molecule has 1 unspecified atom stereocenters. The highest BCUT2D eigenvalue weighted by molar-refractivity contribution is 5.59. The molecule has 4 rings (SSSR count). The van der Waals surface area contributed by atoms with Crippen LogP contribution in [0.1, 0.15) is 37.9 Å². The predicted molar refractivity (Wildman–Crippen MR) is 123 cm³/mol. The van der Waals surface area contributed by atoms with Crippen molar-refractivity contribution >= 4 is 0 Å². The summed E-state index contributed by atoms with van der Waals surface area (Å²) in [6.07, 6.45) is 1.92. The SMILES string of the molecule is CC(C)Cn1c(O)cn(Cc2ccc(-c3ccc(F)c(CN4CCCC(F)C4)n3)cc2)c1=O. The molecule has 3 heterocycles. The number of alkyl halides is 1. The van der Waals surface area contributed by atoms with Gasteiger partial charge in [-0.3, -0.25) is 14.0 Å². The lowest BCUT2D eigenvalue weighted by atomic mass is 10.1. The first kappa shape index (κ1) is 23.2. The molecule has 33 heavy (non-hydrogen) atoms. The summed E-state index contributed by atoms with van der Waals surface area (Å²) >= 11 is 0. The first-order valence-corrected chi connectivity index (χ1v) is 11.4. The van der Waals surface area contributed by atoms with Crippen LogP contribution in [0, 0.1) is 11.7 Å². The second-order valence-electron chi connectivity index (χ2n) is 9.20. The van der Waals surface area contributed by atoms with Crippen molar-refractivity contribution < 1.29 is 13.9 Å². The largest absolute Gasteiger partial charge is 0.493 e. The molecule has 0 aliphatic carbocycles. The smallest absolute Gasteiger partial charge is 0.331 e. The lowest BCUT2D eigenvalue weighted by Crippen LogP contribution is -2.36. The molecule has 0 saturated carbocycles. The first-order chi connectivity index (χ1) is 15.8. The number of hydrogen-bond acceptors (Lipinski definition) is 4. The molecule has 176 valence electrons. The molecule has 2 aromatic heterocycles. The van der Waals surface area contributed by atoms with Crippen molar-refractivity contribution in [1.82, 2.24) is 19.0 Å². The van der Waals surface area contributed by atoms with Crippen molar-refractivity contribution in [2.45, 2.75) is 52.5 Å². The van der Waals surface area contributed by atoms with E-state index in [-0.39, 0.29) is 29.8 Å². The van der Waals surface area contributed by atoms with Gasteiger partial charge >= 0.3 is 5.69 Å². The van der Waals surface area contributed by atoms with Gasteiger partial charge in [0.2, 0.25) is 5.88 Å². The van der Waals surface area contributed by atoms with E-state index < -0.39 is 6.17 Å². The number of pyridine rings is 1. The van der Waals surface area contributed by atoms with E-state index in [1.165, 1.54) is 21.4 Å². The third-order valence-electron chi connectivity index (χ3n) is 5.91. The number of piperidine rings is 1. The molecule has 1 aliphatic rings. The molecule has 1 atom stereocenters. The molecule has 1 aliphatic heterocycles. The summed E-state index contributed by atoms with van der Waals surface area (Å²) in [5, 5.41) is 10.1. The van der Waals surface area contributed by atoms with Crippen molar-refractivity contribution in [3.63, 3.8) is 0 Å². The number of imidazole rings is 1. The average molecular weight is 457 g/mol. The fourth-order valence-electron chi connectivity index (χ4n) is 4.26. The van der Waals surface area contributed by atoms with E-state index in [1.807, 2.05) is 43.0 Å². The van der Waals surface area contributed by atoms with Gasteiger partial charge in [-0.25, -0.2) is 18.6 Å². The maximum absolute atomic E-state index is 14.4. The maximum atomic E-state index is 14.4. The highest BCUT2D eigenvalue weighted by Crippen LogP contribution is 2.22. The fraction of sp³-hybridized carbons (Fsp3) is 0.440. The lowest BCUT2D eigenvalue weighted by Gasteiger charge is -2.28. The molecule has 0 spiro atoms. The molecule has 0 bridgehead atoms. The second kappa shape index (κ2) is 9.87. The number of halogens is 2. The quantitative estimate of drug-likeness (QED) is 0.579. The topological polar surface area (TPSA) is 63.3 Å². The third kappa shape index (κ3) is 5.50. The van der Waals surface area contributed by atoms with E-state index in [4.69, 9.17) is 0 Å². The minimum absolute atomic E-state index is 0.0406. The van der Waals surface area contributed by atoms with Crippen molar-refractivity contribution in [2.75, 3.05) is 13.1 Å². The van der Waals surface area contributed by atoms with E-state index in [0.717, 1.165) is 24.1 Å². The predicted octanol–water partition coefficient (Wildman–Crippen LogP) is 4.19. The van der Waals surface area contributed by atoms with Crippen LogP contribution in [0.2, 0.25) is 0 Å². The Bertz CT molecular complexity index is 1150. The molecule has 3 aromatic rings. The minimum atomic E-state index is -0.866. The van der Waals surface area contributed by atoms with Gasteiger partial charge in [-0.15, -0.1) is 0 Å². The van der Waals surface area contributed by atoms with Crippen LogP contribution in [-0.2, 0) is 19.6 Å². The van der Waals surface area contributed by atoms with Crippen molar-refractivity contribution in [3.05, 3.63) is 70.2 Å². The van der Waals surface area contributed by atoms with E-state index >= 15 is 0 Å². The molecule has 1 N–H and O–H groups in total. The number of aromatic nitrogens is 3. The maximum Gasteiger partial charge on any atom is 0.331 e. The van der Waals surface area contributed by atoms with Gasteiger partial charge in [0.1, 0.15) is 12.0 Å². The van der Waals surface area contributed by atoms with Gasteiger partial charge in [0.05, 0.1) is 24.1 Å². The molecule has 1 saturated heterocycles. The fourth-order valence-corrected chi connectivity index (χ4v) is 4.26. The van der Waals surface area contributed by atoms with Crippen LogP contribution in [0.25, 0.3) is 11.3 Å². The zero-order valence-electron chi connectivity index (χ0n) is 19.0. The Morgan fingerprint density at radius 2 is 1.91 bits per heavy atom. The Morgan fingerprint density at radius 1 is 1.15 bits per heavy atom. The normalized spacial score (nSPS) is 17.1. The number of nitrogens with zero attached hydrogens (tertiary/aromatic N) is 4. The Morgan fingerprint density at radius 3 is 2.61 bits per heavy atom. The Kier molecular flexibility index (Phi) is 6.93. The molecular formula is C25H30F2N4O2. The Balaban J connectivity index is 1.49. The van der Waals surface area contributed by atoms with E-state index in [2.05, 4.69) is 4.98 Å². The number of rotatable bonds is 7. The zero-order valence-corrected chi connectivity index (χ0v) is 19.0. The van der Waals surface area contributed by atoms with Crippen LogP contribution in [0.15, 0.2) is 47.4 Å². The van der Waals surface area contributed by atoms with Gasteiger partial charge in [0, 0.05) is 25.2 Å². The summed E-state index contributed by atoms with van der Waals surface area (Å²) in [7, 11) is 0. The monoisotopic (exact) mass is 456 g/mol. The number of benzene rings is 1. The molecule has 1 fully saturated rings. The summed E-state index contributed by atoms with van der Waals surface area (Å²) < 4.78 is 30.9. The first-order valence-electron chi connectivity index (χ1n) is 11.4. The van der Waals surface area contributed by atoms with E-state index in [1.54, 1.807) is 6.07 Å². The molecule has 0 amide bonds. The van der Waals surface area contributed by atoms with Gasteiger partial charge in [0.25, 0.3) is 0 Å². The standard InChI is InChI=1S/C25H30F2N4O2/c1-17(2)12-31-24(32)16-30(25(31)33)13-18-5-7-19(8-6-18)22-10-9-21(27)23(28-22)15-29-11-3-4-20(26)14-29/h5-10,16-17,20,32H,3-4,11-15H2,1-2H3. The van der Waals surface area contributed by atoms with Gasteiger partial charge in [0.15, 0.2) is 0 Å². The van der Waals surface area contributed by atoms with Crippen LogP contribution in [-0.4, -0.2) is 43.4 Å². The van der Waals surface area contributed by atoms with Crippen molar-refractivity contribution in [3.8, 4) is 17.1 Å². The highest BCUT2D eigenvalue weighted by atomic mass is 19.1. The van der Waals surface area contributed by atoms with Gasteiger partial charge in [-0.1, -0.05) is 38.1 Å². The lowest BCUT2D eigenvalue weighted by molar-refractivity contribution is 0.130. The van der Waals surface area contributed by atoms with Crippen LogP contribution in [0.4, 0.5) is 8.78 Å². The Hall–Kier alpha value is -3.00. The molecular weight excluding hydrogens is 426 g/mol. The zero-order chi connectivity index (χ0) is 23.5. The number of hydrogen-bond donors (Lipinski definition) is 1. The van der Waals surface area contributed by atoms with Crippen molar-refractivity contribution in [2.24, 2.45) is 5.92 Å². The van der Waals surface area contributed by atoms with Crippen LogP contribution < -0.4 is 5.69 Å². The second-order valence-corrected chi connectivity index (χ2v) is 9.20. The number of likely N-dealkylation sites (tertiary alicyclic amines) is 1. The van der Waals surface area contributed by atoms with Gasteiger partial charge in [-0.2, -0.15) is 0 Å². The van der Waals surface area contributed by atoms with Crippen LogP contribution >= 0.6 is 0 Å². The van der Waals surface area contributed by atoms with Gasteiger partial charge < -0.3 is 5.11 Å². The average Bonchev–Trinajstić information content (AvgIpc) is 3.03. The Labute approximate surface area is 192 Å².